The highest BCUT2D eigenvalue weighted by Gasteiger charge is 2.22. The van der Waals surface area contributed by atoms with Crippen LogP contribution < -0.4 is 16.0 Å². The average Bonchev–Trinajstić information content (AvgIpc) is 2.64. The van der Waals surface area contributed by atoms with Gasteiger partial charge < -0.3 is 9.25 Å². The summed E-state index contributed by atoms with van der Waals surface area (Å²) in [5, 5.41) is 3.90. The molecule has 7 heteroatoms. The summed E-state index contributed by atoms with van der Waals surface area (Å²) in [4.78, 5) is 30.5. The maximum absolute atomic E-state index is 12.8. The first-order chi connectivity index (χ1) is 12.5. The summed E-state index contributed by atoms with van der Waals surface area (Å²) < 4.78 is 8.26. The number of pyridine rings is 1. The van der Waals surface area contributed by atoms with Crippen LogP contribution in [-0.2, 0) is 0 Å². The molecular weight excluding hydrogens is 466 g/mol. The molecule has 0 bridgehead atoms. The van der Waals surface area contributed by atoms with Crippen LogP contribution in [0.1, 0.15) is 0 Å². The van der Waals surface area contributed by atoms with Gasteiger partial charge in [-0.15, -0.1) is 4.73 Å². The molecule has 0 aliphatic heterocycles. The zero-order valence-electron chi connectivity index (χ0n) is 13.3. The molecule has 0 amide bonds. The van der Waals surface area contributed by atoms with Crippen molar-refractivity contribution < 1.29 is 9.25 Å². The van der Waals surface area contributed by atoms with Crippen LogP contribution in [0.15, 0.2) is 59.3 Å². The van der Waals surface area contributed by atoms with E-state index < -0.39 is 11.1 Å². The Labute approximate surface area is 162 Å². The third kappa shape index (κ3) is 1.84. The minimum atomic E-state index is -0.496. The van der Waals surface area contributed by atoms with Crippen molar-refractivity contribution in [2.75, 3.05) is 7.11 Å². The van der Waals surface area contributed by atoms with Crippen LogP contribution in [0.3, 0.4) is 0 Å². The zero-order valence-corrected chi connectivity index (χ0v) is 16.5. The van der Waals surface area contributed by atoms with Crippen molar-refractivity contribution >= 4 is 75.3 Å². The molecule has 0 unspecified atom stereocenters. The average molecular weight is 475 g/mol. The predicted molar refractivity (Wildman–Crippen MR) is 108 cm³/mol. The molecule has 26 heavy (non-hydrogen) atoms. The van der Waals surface area contributed by atoms with Crippen molar-refractivity contribution in [1.82, 2.24) is 4.73 Å². The number of benzene rings is 3. The number of hydrogen-bond acceptors (Lipinski definition) is 4. The van der Waals surface area contributed by atoms with Gasteiger partial charge in [-0.25, -0.2) is 0 Å². The molecule has 0 atom stereocenters. The topological polar surface area (TPSA) is 61.4 Å². The number of fused-ring (bicyclic) bond motifs is 2. The molecule has 5 nitrogen and oxygen atoms in total. The van der Waals surface area contributed by atoms with Gasteiger partial charge in [-0.2, -0.15) is 0 Å². The second kappa shape index (κ2) is 5.31. The van der Waals surface area contributed by atoms with Crippen LogP contribution in [0.2, 0.25) is 0 Å². The smallest absolute Gasteiger partial charge is 0.294 e. The number of rotatable bonds is 1. The molecule has 2 aromatic heterocycles. The van der Waals surface area contributed by atoms with Gasteiger partial charge in [-0.05, 0) is 34.1 Å². The number of nitrogens with zero attached hydrogens (tertiary/aromatic N) is 1. The van der Waals surface area contributed by atoms with Gasteiger partial charge in [0.25, 0.3) is 11.1 Å². The van der Waals surface area contributed by atoms with E-state index in [0.29, 0.717) is 26.2 Å². The van der Waals surface area contributed by atoms with E-state index in [2.05, 4.69) is 31.9 Å². The normalized spacial score (nSPS) is 12.0. The first kappa shape index (κ1) is 15.8. The second-order valence-electron chi connectivity index (χ2n) is 5.95. The summed E-state index contributed by atoms with van der Waals surface area (Å²) in [6.07, 6.45) is 0. The molecule has 128 valence electrons. The van der Waals surface area contributed by atoms with Gasteiger partial charge in [0.2, 0.25) is 0 Å². The Kier molecular flexibility index (Phi) is 3.24. The molecular formula is C19H9Br2NO4. The lowest BCUT2D eigenvalue weighted by Crippen LogP contribution is -2.37. The molecule has 3 aromatic carbocycles. The van der Waals surface area contributed by atoms with E-state index in [1.807, 2.05) is 24.3 Å². The Balaban J connectivity index is 2.27. The molecule has 0 saturated heterocycles. The maximum Gasteiger partial charge on any atom is 0.294 e. The van der Waals surface area contributed by atoms with Crippen molar-refractivity contribution in [3.8, 4) is 0 Å². The lowest BCUT2D eigenvalue weighted by molar-refractivity contribution is 0.151. The molecule has 0 spiro atoms. The fourth-order valence-corrected chi connectivity index (χ4v) is 4.74. The van der Waals surface area contributed by atoms with Crippen molar-refractivity contribution in [1.29, 1.82) is 0 Å². The highest BCUT2D eigenvalue weighted by Crippen LogP contribution is 2.43. The van der Waals surface area contributed by atoms with Crippen LogP contribution >= 0.6 is 31.9 Å². The van der Waals surface area contributed by atoms with Crippen LogP contribution in [-0.4, -0.2) is 11.8 Å². The van der Waals surface area contributed by atoms with Gasteiger partial charge in [0, 0.05) is 26.0 Å². The number of para-hydroxylation sites is 1. The minimum absolute atomic E-state index is 0.392. The summed E-state index contributed by atoms with van der Waals surface area (Å²) in [7, 11) is 1.30. The number of halogens is 2. The van der Waals surface area contributed by atoms with Gasteiger partial charge in [0.05, 0.1) is 15.2 Å². The monoisotopic (exact) mass is 473 g/mol. The van der Waals surface area contributed by atoms with Crippen LogP contribution in [0.5, 0.6) is 0 Å². The molecule has 5 rings (SSSR count). The quantitative estimate of drug-likeness (QED) is 0.266. The highest BCUT2D eigenvalue weighted by atomic mass is 79.9. The lowest BCUT2D eigenvalue weighted by Gasteiger charge is -2.15. The molecule has 2 heterocycles. The number of aromatic nitrogens is 1. The first-order valence-corrected chi connectivity index (χ1v) is 9.30. The largest absolute Gasteiger partial charge is 0.455 e. The van der Waals surface area contributed by atoms with Gasteiger partial charge >= 0.3 is 0 Å². The van der Waals surface area contributed by atoms with Crippen molar-refractivity contribution in [3.05, 3.63) is 66.1 Å². The van der Waals surface area contributed by atoms with Crippen LogP contribution in [0.4, 0.5) is 0 Å². The summed E-state index contributed by atoms with van der Waals surface area (Å²) in [6, 6.07) is 11.1. The Morgan fingerprint density at radius 2 is 1.54 bits per heavy atom. The van der Waals surface area contributed by atoms with Crippen LogP contribution in [0.25, 0.3) is 43.5 Å². The minimum Gasteiger partial charge on any atom is -0.455 e. The van der Waals surface area contributed by atoms with E-state index in [1.165, 1.54) is 7.11 Å². The molecule has 0 N–H and O–H groups in total. The van der Waals surface area contributed by atoms with Gasteiger partial charge in [0.1, 0.15) is 18.3 Å². The Morgan fingerprint density at radius 1 is 0.885 bits per heavy atom. The predicted octanol–water partition coefficient (Wildman–Crippen LogP) is 4.44. The number of hydrogen-bond donors (Lipinski definition) is 0. The van der Waals surface area contributed by atoms with E-state index in [4.69, 9.17) is 9.25 Å². The van der Waals surface area contributed by atoms with E-state index in [0.717, 1.165) is 30.9 Å². The first-order valence-electron chi connectivity index (χ1n) is 7.71. The SMILES string of the molecule is COn1c(=O)c2cc(Br)c3oc4ccccc4c4c(Br)cc(c1=O)c2c34. The maximum atomic E-state index is 12.8. The zero-order chi connectivity index (χ0) is 18.2. The fraction of sp³-hybridized carbons (Fsp3) is 0.0526. The summed E-state index contributed by atoms with van der Waals surface area (Å²) >= 11 is 7.11. The van der Waals surface area contributed by atoms with Gasteiger partial charge in [-0.3, -0.25) is 9.59 Å². The molecule has 0 aliphatic carbocycles. The molecule has 0 radical (unpaired) electrons. The summed E-state index contributed by atoms with van der Waals surface area (Å²) in [6.45, 7) is 0. The summed E-state index contributed by atoms with van der Waals surface area (Å²) in [5.41, 5.74) is 0.316. The third-order valence-electron chi connectivity index (χ3n) is 4.64. The molecule has 0 aliphatic rings. The highest BCUT2D eigenvalue weighted by molar-refractivity contribution is 9.11. The van der Waals surface area contributed by atoms with E-state index >= 15 is 0 Å². The second-order valence-corrected chi connectivity index (χ2v) is 7.66. The molecule has 0 saturated carbocycles. The van der Waals surface area contributed by atoms with Crippen molar-refractivity contribution in [2.24, 2.45) is 0 Å². The molecule has 5 aromatic rings. The van der Waals surface area contributed by atoms with Crippen molar-refractivity contribution in [2.45, 2.75) is 0 Å². The third-order valence-corrected chi connectivity index (χ3v) is 5.86. The van der Waals surface area contributed by atoms with Crippen molar-refractivity contribution in [3.63, 3.8) is 0 Å². The Morgan fingerprint density at radius 3 is 2.23 bits per heavy atom. The van der Waals surface area contributed by atoms with E-state index in [1.54, 1.807) is 12.1 Å². The fourth-order valence-electron chi connectivity index (χ4n) is 3.59. The lowest BCUT2D eigenvalue weighted by atomic mass is 9.97. The summed E-state index contributed by atoms with van der Waals surface area (Å²) in [5.74, 6) is 0. The van der Waals surface area contributed by atoms with Gasteiger partial charge in [0.15, 0.2) is 0 Å². The van der Waals surface area contributed by atoms with Gasteiger partial charge in [-0.1, -0.05) is 34.1 Å². The van der Waals surface area contributed by atoms with E-state index in [9.17, 15) is 9.59 Å². The van der Waals surface area contributed by atoms with E-state index in [-0.39, 0.29) is 0 Å². The Bertz CT molecular complexity index is 1450. The Hall–Kier alpha value is -2.38. The molecule has 0 fully saturated rings. The standard InChI is InChI=1S/C19H9Br2NO4/c1-25-22-18(23)9-6-11(20)15-8-4-2-3-5-13(8)26-17-12(21)7-10(19(22)24)14(9)16(15)17/h2-7H,1H3. The van der Waals surface area contributed by atoms with Crippen LogP contribution in [0, 0.1) is 0 Å².